The molecule has 0 bridgehead atoms. The van der Waals surface area contributed by atoms with Gasteiger partial charge in [-0.05, 0) is 26.3 Å². The van der Waals surface area contributed by atoms with Crippen LogP contribution in [0.3, 0.4) is 0 Å². The van der Waals surface area contributed by atoms with E-state index in [4.69, 9.17) is 0 Å². The molecule has 0 radical (unpaired) electrons. The maximum Gasteiger partial charge on any atom is 0.239 e. The van der Waals surface area contributed by atoms with E-state index >= 15 is 0 Å². The van der Waals surface area contributed by atoms with Crippen LogP contribution in [0.25, 0.3) is 0 Å². The lowest BCUT2D eigenvalue weighted by Gasteiger charge is -2.20. The second-order valence-electron chi connectivity index (χ2n) is 3.80. The molecule has 3 heteroatoms. The molecule has 1 heterocycles. The van der Waals surface area contributed by atoms with E-state index in [0.717, 1.165) is 25.0 Å². The SMILES string of the molecule is C=C(C)CN(C)C(=O)[C@H]1CCCN1. The van der Waals surface area contributed by atoms with Gasteiger partial charge in [0.15, 0.2) is 0 Å². The minimum Gasteiger partial charge on any atom is -0.340 e. The molecule has 1 aliphatic heterocycles. The first kappa shape index (κ1) is 10.3. The summed E-state index contributed by atoms with van der Waals surface area (Å²) >= 11 is 0. The van der Waals surface area contributed by atoms with Crippen LogP contribution in [0.5, 0.6) is 0 Å². The number of carbonyl (C=O) groups excluding carboxylic acids is 1. The molecule has 1 aliphatic rings. The first-order chi connectivity index (χ1) is 6.11. The van der Waals surface area contributed by atoms with Gasteiger partial charge in [-0.3, -0.25) is 4.79 Å². The van der Waals surface area contributed by atoms with Crippen LogP contribution in [0.4, 0.5) is 0 Å². The molecule has 0 aromatic heterocycles. The molecule has 0 spiro atoms. The van der Waals surface area contributed by atoms with E-state index in [0.29, 0.717) is 6.54 Å². The summed E-state index contributed by atoms with van der Waals surface area (Å²) in [7, 11) is 1.83. The Hall–Kier alpha value is -0.830. The summed E-state index contributed by atoms with van der Waals surface area (Å²) in [6.07, 6.45) is 2.08. The highest BCUT2D eigenvalue weighted by molar-refractivity contribution is 5.82. The summed E-state index contributed by atoms with van der Waals surface area (Å²) in [5.74, 6) is 0.195. The Morgan fingerprint density at radius 3 is 2.85 bits per heavy atom. The quantitative estimate of drug-likeness (QED) is 0.654. The molecule has 0 aromatic rings. The van der Waals surface area contributed by atoms with Crippen LogP contribution in [0.15, 0.2) is 12.2 Å². The minimum atomic E-state index is 0.0457. The van der Waals surface area contributed by atoms with Crippen molar-refractivity contribution in [2.75, 3.05) is 20.1 Å². The largest absolute Gasteiger partial charge is 0.340 e. The standard InChI is InChI=1S/C10H18N2O/c1-8(2)7-12(3)10(13)9-5-4-6-11-9/h9,11H,1,4-7H2,2-3H3/t9-/m1/s1. The van der Waals surface area contributed by atoms with Crippen molar-refractivity contribution < 1.29 is 4.79 Å². The van der Waals surface area contributed by atoms with Crippen molar-refractivity contribution >= 4 is 5.91 Å². The first-order valence-corrected chi connectivity index (χ1v) is 4.74. The molecule has 1 saturated heterocycles. The molecule has 74 valence electrons. The van der Waals surface area contributed by atoms with E-state index in [1.165, 1.54) is 0 Å². The highest BCUT2D eigenvalue weighted by atomic mass is 16.2. The average Bonchev–Trinajstić information content (AvgIpc) is 2.53. The van der Waals surface area contributed by atoms with Crippen LogP contribution in [0, 0.1) is 0 Å². The van der Waals surface area contributed by atoms with Gasteiger partial charge in [-0.25, -0.2) is 0 Å². The molecule has 0 aromatic carbocycles. The smallest absolute Gasteiger partial charge is 0.239 e. The fraction of sp³-hybridized carbons (Fsp3) is 0.700. The van der Waals surface area contributed by atoms with Crippen LogP contribution in [0.2, 0.25) is 0 Å². The third-order valence-corrected chi connectivity index (χ3v) is 2.24. The number of rotatable bonds is 3. The predicted octanol–water partition coefficient (Wildman–Crippen LogP) is 0.773. The number of nitrogens with zero attached hydrogens (tertiary/aromatic N) is 1. The van der Waals surface area contributed by atoms with E-state index in [-0.39, 0.29) is 11.9 Å². The summed E-state index contributed by atoms with van der Waals surface area (Å²) in [4.78, 5) is 13.4. The second kappa shape index (κ2) is 4.42. The van der Waals surface area contributed by atoms with Crippen LogP contribution in [-0.2, 0) is 4.79 Å². The van der Waals surface area contributed by atoms with Crippen molar-refractivity contribution in [2.45, 2.75) is 25.8 Å². The third kappa shape index (κ3) is 2.84. The van der Waals surface area contributed by atoms with E-state index in [9.17, 15) is 4.79 Å². The van der Waals surface area contributed by atoms with Gasteiger partial charge in [-0.1, -0.05) is 12.2 Å². The highest BCUT2D eigenvalue weighted by Crippen LogP contribution is 2.08. The molecule has 13 heavy (non-hydrogen) atoms. The summed E-state index contributed by atoms with van der Waals surface area (Å²) in [6, 6.07) is 0.0457. The summed E-state index contributed by atoms with van der Waals surface area (Å²) in [6.45, 7) is 7.36. The maximum atomic E-state index is 11.7. The van der Waals surface area contributed by atoms with Gasteiger partial charge in [0.25, 0.3) is 0 Å². The van der Waals surface area contributed by atoms with Crippen LogP contribution >= 0.6 is 0 Å². The van der Waals surface area contributed by atoms with Gasteiger partial charge < -0.3 is 10.2 Å². The number of amides is 1. The fourth-order valence-electron chi connectivity index (χ4n) is 1.64. The third-order valence-electron chi connectivity index (χ3n) is 2.24. The highest BCUT2D eigenvalue weighted by Gasteiger charge is 2.24. The zero-order valence-corrected chi connectivity index (χ0v) is 8.47. The molecular weight excluding hydrogens is 164 g/mol. The van der Waals surface area contributed by atoms with Gasteiger partial charge in [-0.2, -0.15) is 0 Å². The van der Waals surface area contributed by atoms with E-state index in [1.807, 2.05) is 14.0 Å². The lowest BCUT2D eigenvalue weighted by molar-refractivity contribution is -0.131. The molecule has 0 saturated carbocycles. The Morgan fingerprint density at radius 2 is 2.38 bits per heavy atom. The Labute approximate surface area is 79.8 Å². The molecule has 1 fully saturated rings. The first-order valence-electron chi connectivity index (χ1n) is 4.74. The molecule has 0 aliphatic carbocycles. The molecule has 1 amide bonds. The van der Waals surface area contributed by atoms with E-state index in [2.05, 4.69) is 11.9 Å². The predicted molar refractivity (Wildman–Crippen MR) is 53.5 cm³/mol. The zero-order chi connectivity index (χ0) is 9.84. The van der Waals surface area contributed by atoms with Gasteiger partial charge >= 0.3 is 0 Å². The number of hydrogen-bond donors (Lipinski definition) is 1. The van der Waals surface area contributed by atoms with Crippen LogP contribution in [0.1, 0.15) is 19.8 Å². The monoisotopic (exact) mass is 182 g/mol. The molecule has 0 unspecified atom stereocenters. The van der Waals surface area contributed by atoms with E-state index < -0.39 is 0 Å². The van der Waals surface area contributed by atoms with Crippen molar-refractivity contribution in [3.05, 3.63) is 12.2 Å². The molecular formula is C10H18N2O. The summed E-state index contributed by atoms with van der Waals surface area (Å²) in [5, 5.41) is 3.19. The Kier molecular flexibility index (Phi) is 3.48. The normalized spacial score (nSPS) is 21.5. The lowest BCUT2D eigenvalue weighted by Crippen LogP contribution is -2.42. The van der Waals surface area contributed by atoms with Crippen LogP contribution < -0.4 is 5.32 Å². The van der Waals surface area contributed by atoms with Crippen molar-refractivity contribution in [3.8, 4) is 0 Å². The summed E-state index contributed by atoms with van der Waals surface area (Å²) < 4.78 is 0. The van der Waals surface area contributed by atoms with Gasteiger partial charge in [0.05, 0.1) is 6.04 Å². The average molecular weight is 182 g/mol. The zero-order valence-electron chi connectivity index (χ0n) is 8.47. The van der Waals surface area contributed by atoms with Gasteiger partial charge in [0.2, 0.25) is 5.91 Å². The molecule has 1 N–H and O–H groups in total. The van der Waals surface area contributed by atoms with E-state index in [1.54, 1.807) is 4.90 Å². The van der Waals surface area contributed by atoms with Crippen molar-refractivity contribution in [1.82, 2.24) is 10.2 Å². The van der Waals surface area contributed by atoms with Crippen molar-refractivity contribution in [2.24, 2.45) is 0 Å². The second-order valence-corrected chi connectivity index (χ2v) is 3.80. The number of hydrogen-bond acceptors (Lipinski definition) is 2. The summed E-state index contributed by atoms with van der Waals surface area (Å²) in [5.41, 5.74) is 1.02. The van der Waals surface area contributed by atoms with Crippen molar-refractivity contribution in [1.29, 1.82) is 0 Å². The Bertz CT molecular complexity index is 207. The Morgan fingerprint density at radius 1 is 1.69 bits per heavy atom. The van der Waals surface area contributed by atoms with Gasteiger partial charge in [-0.15, -0.1) is 0 Å². The minimum absolute atomic E-state index is 0.0457. The topological polar surface area (TPSA) is 32.3 Å². The number of nitrogens with one attached hydrogen (secondary N) is 1. The maximum absolute atomic E-state index is 11.7. The van der Waals surface area contributed by atoms with Crippen molar-refractivity contribution in [3.63, 3.8) is 0 Å². The van der Waals surface area contributed by atoms with Gasteiger partial charge in [0.1, 0.15) is 0 Å². The number of likely N-dealkylation sites (N-methyl/N-ethyl adjacent to an activating group) is 1. The van der Waals surface area contributed by atoms with Gasteiger partial charge in [0, 0.05) is 13.6 Å². The lowest BCUT2D eigenvalue weighted by atomic mass is 10.2. The number of carbonyl (C=O) groups is 1. The molecule has 1 atom stereocenters. The molecule has 1 rings (SSSR count). The Balaban J connectivity index is 2.41. The molecule has 3 nitrogen and oxygen atoms in total. The van der Waals surface area contributed by atoms with Crippen LogP contribution in [-0.4, -0.2) is 37.0 Å². The fourth-order valence-corrected chi connectivity index (χ4v) is 1.64.